The topological polar surface area (TPSA) is 112 Å². The molecule has 0 aliphatic carbocycles. The Morgan fingerprint density at radius 2 is 2.04 bits per heavy atom. The molecule has 1 fully saturated rings. The van der Waals surface area contributed by atoms with Gasteiger partial charge in [0.15, 0.2) is 0 Å². The summed E-state index contributed by atoms with van der Waals surface area (Å²) in [5.41, 5.74) is 1.33. The molecule has 1 aromatic carbocycles. The SMILES string of the molecule is N#Cc1cc(N2CCC(NS(N)(=O)=O)CC2)nc2ccc(Br)cc12. The number of pyridine rings is 1. The minimum Gasteiger partial charge on any atom is -0.356 e. The molecular weight excluding hydrogens is 394 g/mol. The van der Waals surface area contributed by atoms with Crippen LogP contribution in [0.3, 0.4) is 0 Å². The number of rotatable bonds is 3. The van der Waals surface area contributed by atoms with Crippen LogP contribution < -0.4 is 14.8 Å². The first-order valence-electron chi connectivity index (χ1n) is 7.41. The van der Waals surface area contributed by atoms with E-state index in [1.54, 1.807) is 6.07 Å². The summed E-state index contributed by atoms with van der Waals surface area (Å²) in [5, 5.41) is 15.2. The molecule has 3 N–H and O–H groups in total. The van der Waals surface area contributed by atoms with E-state index in [4.69, 9.17) is 5.14 Å². The Kier molecular flexibility index (Phi) is 4.73. The molecule has 0 unspecified atom stereocenters. The molecule has 9 heteroatoms. The predicted molar refractivity (Wildman–Crippen MR) is 95.6 cm³/mol. The van der Waals surface area contributed by atoms with Crippen molar-refractivity contribution in [1.82, 2.24) is 9.71 Å². The summed E-state index contributed by atoms with van der Waals surface area (Å²) in [7, 11) is -3.68. The van der Waals surface area contributed by atoms with Crippen LogP contribution in [0.25, 0.3) is 10.9 Å². The number of fused-ring (bicyclic) bond motifs is 1. The van der Waals surface area contributed by atoms with Crippen molar-refractivity contribution in [2.24, 2.45) is 5.14 Å². The van der Waals surface area contributed by atoms with Gasteiger partial charge in [0.05, 0.1) is 17.1 Å². The maximum atomic E-state index is 11.1. The fourth-order valence-electron chi connectivity index (χ4n) is 2.90. The number of anilines is 1. The van der Waals surface area contributed by atoms with Crippen molar-refractivity contribution < 1.29 is 8.42 Å². The lowest BCUT2D eigenvalue weighted by atomic mass is 10.1. The average molecular weight is 410 g/mol. The van der Waals surface area contributed by atoms with Gasteiger partial charge in [-0.15, -0.1) is 0 Å². The molecule has 0 spiro atoms. The molecule has 0 saturated carbocycles. The van der Waals surface area contributed by atoms with Gasteiger partial charge in [-0.3, -0.25) is 0 Å². The molecule has 1 aliphatic rings. The number of nitrogens with two attached hydrogens (primary N) is 1. The van der Waals surface area contributed by atoms with Crippen molar-refractivity contribution >= 4 is 42.9 Å². The normalized spacial score (nSPS) is 16.3. The van der Waals surface area contributed by atoms with Crippen LogP contribution in [-0.4, -0.2) is 32.5 Å². The second kappa shape index (κ2) is 6.64. The Morgan fingerprint density at radius 3 is 2.67 bits per heavy atom. The first-order valence-corrected chi connectivity index (χ1v) is 9.75. The van der Waals surface area contributed by atoms with Gasteiger partial charge in [-0.25, -0.2) is 10.1 Å². The highest BCUT2D eigenvalue weighted by Crippen LogP contribution is 2.27. The fourth-order valence-corrected chi connectivity index (χ4v) is 3.96. The Hall–Kier alpha value is -1.73. The van der Waals surface area contributed by atoms with Crippen LogP contribution in [0.5, 0.6) is 0 Å². The van der Waals surface area contributed by atoms with Gasteiger partial charge in [0.1, 0.15) is 5.82 Å². The van der Waals surface area contributed by atoms with Gasteiger partial charge in [0.2, 0.25) is 0 Å². The highest BCUT2D eigenvalue weighted by Gasteiger charge is 2.23. The molecule has 126 valence electrons. The summed E-state index contributed by atoms with van der Waals surface area (Å²) in [6.45, 7) is 1.29. The third kappa shape index (κ3) is 3.84. The van der Waals surface area contributed by atoms with Gasteiger partial charge in [-0.1, -0.05) is 15.9 Å². The standard InChI is InChI=1S/C15H16BrN5O2S/c16-11-1-2-14-13(8-11)10(9-17)7-15(19-14)21-5-3-12(4-6-21)20-24(18,22)23/h1-2,7-8,12,20H,3-6H2,(H2,18,22,23). The molecule has 0 amide bonds. The smallest absolute Gasteiger partial charge is 0.274 e. The van der Waals surface area contributed by atoms with E-state index < -0.39 is 10.2 Å². The molecule has 2 heterocycles. The monoisotopic (exact) mass is 409 g/mol. The van der Waals surface area contributed by atoms with Crippen molar-refractivity contribution in [1.29, 1.82) is 5.26 Å². The molecular formula is C15H16BrN5O2S. The van der Waals surface area contributed by atoms with Crippen molar-refractivity contribution in [3.8, 4) is 6.07 Å². The summed E-state index contributed by atoms with van der Waals surface area (Å²) >= 11 is 3.41. The van der Waals surface area contributed by atoms with Crippen molar-refractivity contribution in [3.05, 3.63) is 34.3 Å². The predicted octanol–water partition coefficient (Wildman–Crippen LogP) is 1.63. The number of halogens is 1. The van der Waals surface area contributed by atoms with E-state index in [0.717, 1.165) is 21.2 Å². The van der Waals surface area contributed by atoms with Gasteiger partial charge < -0.3 is 4.90 Å². The Bertz CT molecular complexity index is 917. The molecule has 1 saturated heterocycles. The summed E-state index contributed by atoms with van der Waals surface area (Å²) in [5.74, 6) is 0.732. The van der Waals surface area contributed by atoms with Crippen molar-refractivity contribution in [2.75, 3.05) is 18.0 Å². The summed E-state index contributed by atoms with van der Waals surface area (Å²) in [4.78, 5) is 6.70. The number of nitrogens with one attached hydrogen (secondary N) is 1. The van der Waals surface area contributed by atoms with E-state index in [2.05, 4.69) is 36.6 Å². The van der Waals surface area contributed by atoms with E-state index >= 15 is 0 Å². The van der Waals surface area contributed by atoms with Crippen molar-refractivity contribution in [2.45, 2.75) is 18.9 Å². The molecule has 1 aromatic heterocycles. The average Bonchev–Trinajstić information content (AvgIpc) is 2.53. The Labute approximate surface area is 148 Å². The minimum atomic E-state index is -3.68. The van der Waals surface area contributed by atoms with Crippen LogP contribution in [0.2, 0.25) is 0 Å². The zero-order valence-electron chi connectivity index (χ0n) is 12.7. The zero-order chi connectivity index (χ0) is 17.3. The molecule has 24 heavy (non-hydrogen) atoms. The number of benzene rings is 1. The maximum Gasteiger partial charge on any atom is 0.274 e. The van der Waals surface area contributed by atoms with Crippen LogP contribution in [0.4, 0.5) is 5.82 Å². The second-order valence-electron chi connectivity index (χ2n) is 5.73. The van der Waals surface area contributed by atoms with Crippen LogP contribution in [0.1, 0.15) is 18.4 Å². The lowest BCUT2D eigenvalue weighted by Crippen LogP contribution is -2.46. The number of piperidine rings is 1. The van der Waals surface area contributed by atoms with Gasteiger partial charge in [0, 0.05) is 29.0 Å². The first kappa shape index (κ1) is 17.1. The summed E-state index contributed by atoms with van der Waals surface area (Å²) in [6, 6.07) is 9.48. The number of aromatic nitrogens is 1. The van der Waals surface area contributed by atoms with E-state index in [0.29, 0.717) is 31.5 Å². The van der Waals surface area contributed by atoms with E-state index in [-0.39, 0.29) is 6.04 Å². The summed E-state index contributed by atoms with van der Waals surface area (Å²) in [6.07, 6.45) is 1.27. The number of hydrogen-bond acceptors (Lipinski definition) is 5. The zero-order valence-corrected chi connectivity index (χ0v) is 15.1. The van der Waals surface area contributed by atoms with E-state index in [1.165, 1.54) is 0 Å². The largest absolute Gasteiger partial charge is 0.356 e. The van der Waals surface area contributed by atoms with E-state index in [1.807, 2.05) is 18.2 Å². The molecule has 0 atom stereocenters. The molecule has 1 aliphatic heterocycles. The van der Waals surface area contributed by atoms with Gasteiger partial charge >= 0.3 is 0 Å². The number of nitrogens with zero attached hydrogens (tertiary/aromatic N) is 3. The quantitative estimate of drug-likeness (QED) is 0.799. The maximum absolute atomic E-state index is 11.1. The summed E-state index contributed by atoms with van der Waals surface area (Å²) < 4.78 is 25.6. The first-order chi connectivity index (χ1) is 11.4. The number of hydrogen-bond donors (Lipinski definition) is 2. The lowest BCUT2D eigenvalue weighted by Gasteiger charge is -2.32. The Balaban J connectivity index is 1.84. The highest BCUT2D eigenvalue weighted by atomic mass is 79.9. The third-order valence-corrected chi connectivity index (χ3v) is 5.18. The lowest BCUT2D eigenvalue weighted by molar-refractivity contribution is 0.459. The van der Waals surface area contributed by atoms with Gasteiger partial charge in [0.25, 0.3) is 10.2 Å². The van der Waals surface area contributed by atoms with Crippen LogP contribution in [0.15, 0.2) is 28.7 Å². The fraction of sp³-hybridized carbons (Fsp3) is 0.333. The molecule has 0 bridgehead atoms. The third-order valence-electron chi connectivity index (χ3n) is 4.03. The van der Waals surface area contributed by atoms with Crippen LogP contribution >= 0.6 is 15.9 Å². The van der Waals surface area contributed by atoms with Crippen LogP contribution in [-0.2, 0) is 10.2 Å². The molecule has 2 aromatic rings. The number of nitriles is 1. The molecule has 0 radical (unpaired) electrons. The van der Waals surface area contributed by atoms with Gasteiger partial charge in [-0.05, 0) is 37.1 Å². The van der Waals surface area contributed by atoms with Gasteiger partial charge in [-0.2, -0.15) is 18.4 Å². The van der Waals surface area contributed by atoms with Crippen LogP contribution in [0, 0.1) is 11.3 Å². The molecule has 3 rings (SSSR count). The highest BCUT2D eigenvalue weighted by molar-refractivity contribution is 9.10. The minimum absolute atomic E-state index is 0.164. The van der Waals surface area contributed by atoms with Crippen molar-refractivity contribution in [3.63, 3.8) is 0 Å². The van der Waals surface area contributed by atoms with E-state index in [9.17, 15) is 13.7 Å². The second-order valence-corrected chi connectivity index (χ2v) is 7.97. The molecule has 7 nitrogen and oxygen atoms in total. The Morgan fingerprint density at radius 1 is 1.33 bits per heavy atom.